The van der Waals surface area contributed by atoms with E-state index in [4.69, 9.17) is 18.9 Å². The molecule has 6 nitrogen and oxygen atoms in total. The lowest BCUT2D eigenvalue weighted by atomic mass is 9.80. The van der Waals surface area contributed by atoms with Gasteiger partial charge in [0, 0.05) is 0 Å². The Kier molecular flexibility index (Phi) is 6.67. The molecule has 3 aromatic carbocycles. The zero-order valence-corrected chi connectivity index (χ0v) is 18.5. The molecule has 7 heteroatoms. The van der Waals surface area contributed by atoms with Gasteiger partial charge in [0.05, 0.1) is 20.8 Å². The van der Waals surface area contributed by atoms with E-state index in [9.17, 15) is 14.6 Å². The number of aliphatic hydroxyl groups is 2. The molecule has 0 amide bonds. The summed E-state index contributed by atoms with van der Waals surface area (Å²) in [5, 5.41) is 19.9. The van der Waals surface area contributed by atoms with Gasteiger partial charge in [-0.25, -0.2) is 4.39 Å². The van der Waals surface area contributed by atoms with Gasteiger partial charge in [-0.2, -0.15) is 0 Å². The number of alkyl halides is 1. The van der Waals surface area contributed by atoms with Crippen LogP contribution in [0.2, 0.25) is 0 Å². The minimum atomic E-state index is -2.82. The average molecular weight is 454 g/mol. The minimum Gasteiger partial charge on any atom is -0.497 e. The summed E-state index contributed by atoms with van der Waals surface area (Å²) in [6.45, 7) is -0.786. The lowest BCUT2D eigenvalue weighted by Crippen LogP contribution is -2.43. The fourth-order valence-corrected chi connectivity index (χ4v) is 4.11. The molecule has 0 unspecified atom stereocenters. The number of ether oxygens (including phenoxy) is 4. The third-order valence-electron chi connectivity index (χ3n) is 5.94. The number of halogens is 1. The van der Waals surface area contributed by atoms with Gasteiger partial charge in [0.1, 0.15) is 35.9 Å². The van der Waals surface area contributed by atoms with Gasteiger partial charge in [0.15, 0.2) is 0 Å². The molecule has 174 valence electrons. The Morgan fingerprint density at radius 3 is 1.79 bits per heavy atom. The third-order valence-corrected chi connectivity index (χ3v) is 5.94. The number of hydrogen-bond donors (Lipinski definition) is 2. The highest BCUT2D eigenvalue weighted by Crippen LogP contribution is 2.42. The summed E-state index contributed by atoms with van der Waals surface area (Å²) in [5.41, 5.74) is 1.29. The molecule has 3 aromatic rings. The Balaban J connectivity index is 1.83. The Bertz CT molecular complexity index is 989. The summed E-state index contributed by atoms with van der Waals surface area (Å²) in [4.78, 5) is 0. The molecule has 0 saturated carbocycles. The molecule has 1 aliphatic heterocycles. The van der Waals surface area contributed by atoms with Crippen LogP contribution in [0.5, 0.6) is 11.5 Å². The van der Waals surface area contributed by atoms with Crippen LogP contribution in [0.25, 0.3) is 0 Å². The molecular weight excluding hydrogens is 427 g/mol. The molecule has 1 aliphatic rings. The van der Waals surface area contributed by atoms with E-state index in [1.165, 1.54) is 0 Å². The lowest BCUT2D eigenvalue weighted by Gasteiger charge is -2.37. The maximum atomic E-state index is 14.1. The van der Waals surface area contributed by atoms with Crippen molar-refractivity contribution in [2.75, 3.05) is 27.4 Å². The summed E-state index contributed by atoms with van der Waals surface area (Å²) in [5.74, 6) is -1.44. The first kappa shape index (κ1) is 23.2. The van der Waals surface area contributed by atoms with E-state index in [1.807, 2.05) is 78.9 Å². The Morgan fingerprint density at radius 2 is 1.36 bits per heavy atom. The maximum absolute atomic E-state index is 14.1. The highest BCUT2D eigenvalue weighted by atomic mass is 19.2. The number of benzene rings is 3. The molecule has 0 radical (unpaired) electrons. The molecule has 1 heterocycles. The van der Waals surface area contributed by atoms with Crippen LogP contribution in [-0.2, 0) is 15.1 Å². The first-order valence-corrected chi connectivity index (χ1v) is 10.6. The van der Waals surface area contributed by atoms with Crippen molar-refractivity contribution in [1.29, 1.82) is 0 Å². The van der Waals surface area contributed by atoms with E-state index in [0.29, 0.717) is 11.5 Å². The number of methoxy groups -OCH3 is 2. The van der Waals surface area contributed by atoms with E-state index in [1.54, 1.807) is 14.2 Å². The van der Waals surface area contributed by atoms with Crippen LogP contribution in [0.15, 0.2) is 78.9 Å². The second-order valence-corrected chi connectivity index (χ2v) is 7.93. The monoisotopic (exact) mass is 454 g/mol. The first-order chi connectivity index (χ1) is 15.9. The van der Waals surface area contributed by atoms with Crippen LogP contribution in [0.4, 0.5) is 4.39 Å². The summed E-state index contributed by atoms with van der Waals surface area (Å²) in [7, 11) is 3.19. The van der Waals surface area contributed by atoms with Crippen LogP contribution in [0.1, 0.15) is 16.7 Å². The van der Waals surface area contributed by atoms with Crippen molar-refractivity contribution in [2.45, 2.75) is 23.7 Å². The molecule has 1 saturated heterocycles. The highest BCUT2D eigenvalue weighted by Gasteiger charge is 2.50. The van der Waals surface area contributed by atoms with E-state index >= 15 is 0 Å². The SMILES string of the molecule is COc1ccc(C(OC[C@H]2OC[C@@](O)(F)[C@@H]2O)(c2ccccc2)c2ccc(OC)cc2)cc1. The van der Waals surface area contributed by atoms with Crippen molar-refractivity contribution >= 4 is 0 Å². The molecule has 0 aliphatic carbocycles. The quantitative estimate of drug-likeness (QED) is 0.508. The molecular formula is C26H27FO6. The predicted octanol–water partition coefficient (Wildman–Crippen LogP) is 3.43. The molecule has 1 fully saturated rings. The van der Waals surface area contributed by atoms with Gasteiger partial charge in [0.25, 0.3) is 5.85 Å². The Hall–Kier alpha value is -2.97. The molecule has 4 rings (SSSR count). The topological polar surface area (TPSA) is 77.4 Å². The lowest BCUT2D eigenvalue weighted by molar-refractivity contribution is -0.150. The average Bonchev–Trinajstić information content (AvgIpc) is 3.12. The van der Waals surface area contributed by atoms with Gasteiger partial charge >= 0.3 is 0 Å². The second kappa shape index (κ2) is 9.49. The summed E-state index contributed by atoms with van der Waals surface area (Å²) in [6, 6.07) is 24.5. The summed E-state index contributed by atoms with van der Waals surface area (Å²) < 4.78 is 36.6. The van der Waals surface area contributed by atoms with Crippen LogP contribution >= 0.6 is 0 Å². The Morgan fingerprint density at radius 1 is 0.879 bits per heavy atom. The van der Waals surface area contributed by atoms with E-state index in [-0.39, 0.29) is 6.61 Å². The van der Waals surface area contributed by atoms with Crippen molar-refractivity contribution in [3.8, 4) is 11.5 Å². The zero-order valence-electron chi connectivity index (χ0n) is 18.5. The number of aliphatic hydroxyl groups excluding tert-OH is 1. The fraction of sp³-hybridized carbons (Fsp3) is 0.308. The van der Waals surface area contributed by atoms with Crippen molar-refractivity contribution in [2.24, 2.45) is 0 Å². The van der Waals surface area contributed by atoms with E-state index < -0.39 is 30.3 Å². The normalized spacial score (nSPS) is 22.8. The Labute approximate surface area is 192 Å². The van der Waals surface area contributed by atoms with Gasteiger partial charge in [-0.1, -0.05) is 54.6 Å². The zero-order chi connectivity index (χ0) is 23.5. The van der Waals surface area contributed by atoms with Crippen molar-refractivity contribution in [1.82, 2.24) is 0 Å². The molecule has 0 bridgehead atoms. The van der Waals surface area contributed by atoms with Crippen molar-refractivity contribution in [3.63, 3.8) is 0 Å². The minimum absolute atomic E-state index is 0.166. The summed E-state index contributed by atoms with van der Waals surface area (Å²) >= 11 is 0. The second-order valence-electron chi connectivity index (χ2n) is 7.93. The summed E-state index contributed by atoms with van der Waals surface area (Å²) in [6.07, 6.45) is -2.77. The van der Waals surface area contributed by atoms with E-state index in [2.05, 4.69) is 0 Å². The fourth-order valence-electron chi connectivity index (χ4n) is 4.11. The van der Waals surface area contributed by atoms with Crippen LogP contribution in [0, 0.1) is 0 Å². The van der Waals surface area contributed by atoms with E-state index in [0.717, 1.165) is 16.7 Å². The molecule has 0 aromatic heterocycles. The number of rotatable bonds is 8. The molecule has 33 heavy (non-hydrogen) atoms. The highest BCUT2D eigenvalue weighted by molar-refractivity contribution is 5.49. The van der Waals surface area contributed by atoms with Crippen LogP contribution in [0.3, 0.4) is 0 Å². The molecule has 3 atom stereocenters. The van der Waals surface area contributed by atoms with Gasteiger partial charge in [-0.05, 0) is 41.0 Å². The van der Waals surface area contributed by atoms with Gasteiger partial charge in [0.2, 0.25) is 0 Å². The largest absolute Gasteiger partial charge is 0.497 e. The molecule has 2 N–H and O–H groups in total. The predicted molar refractivity (Wildman–Crippen MR) is 120 cm³/mol. The standard InChI is InChI=1S/C26H27FO6/c1-30-21-12-8-19(9-13-21)26(18-6-4-3-5-7-18,20-10-14-22(31-2)15-11-20)33-16-23-24(28)25(27,29)17-32-23/h3-15,23-24,28-29H,16-17H2,1-2H3/t23-,24-,25+/m1/s1. The van der Waals surface area contributed by atoms with Gasteiger partial charge < -0.3 is 29.2 Å². The third kappa shape index (κ3) is 4.45. The maximum Gasteiger partial charge on any atom is 0.259 e. The van der Waals surface area contributed by atoms with Crippen molar-refractivity contribution < 1.29 is 33.6 Å². The molecule has 0 spiro atoms. The first-order valence-electron chi connectivity index (χ1n) is 10.6. The smallest absolute Gasteiger partial charge is 0.259 e. The van der Waals surface area contributed by atoms with Crippen LogP contribution < -0.4 is 9.47 Å². The van der Waals surface area contributed by atoms with Gasteiger partial charge in [-0.3, -0.25) is 0 Å². The van der Waals surface area contributed by atoms with Gasteiger partial charge in [-0.15, -0.1) is 0 Å². The van der Waals surface area contributed by atoms with Crippen molar-refractivity contribution in [3.05, 3.63) is 95.6 Å². The van der Waals surface area contributed by atoms with Crippen LogP contribution in [-0.4, -0.2) is 55.7 Å². The number of hydrogen-bond acceptors (Lipinski definition) is 6.